The zero-order chi connectivity index (χ0) is 26.6. The molecule has 0 spiro atoms. The Morgan fingerprint density at radius 3 is 2.36 bits per heavy atom. The molecule has 0 aliphatic heterocycles. The summed E-state index contributed by atoms with van der Waals surface area (Å²) in [5.74, 6) is 6.01. The van der Waals surface area contributed by atoms with E-state index in [1.165, 1.54) is 52.1 Å². The molecular formula is C32H56O3Si. The van der Waals surface area contributed by atoms with Crippen molar-refractivity contribution >= 4 is 14.3 Å². The minimum atomic E-state index is -1.69. The maximum Gasteiger partial charge on any atom is 0.330 e. The summed E-state index contributed by atoms with van der Waals surface area (Å²) in [7, 11) is -0.221. The van der Waals surface area contributed by atoms with E-state index in [9.17, 15) is 4.79 Å². The second-order valence-corrected chi connectivity index (χ2v) is 19.4. The van der Waals surface area contributed by atoms with Crippen molar-refractivity contribution in [2.45, 2.75) is 112 Å². The second-order valence-electron chi connectivity index (χ2n) is 15.0. The Balaban J connectivity index is 1.75. The van der Waals surface area contributed by atoms with Crippen molar-refractivity contribution in [3.05, 3.63) is 12.2 Å². The van der Waals surface area contributed by atoms with Gasteiger partial charge in [-0.3, -0.25) is 0 Å². The highest BCUT2D eigenvalue weighted by molar-refractivity contribution is 6.69. The molecule has 4 saturated carbocycles. The Morgan fingerprint density at radius 1 is 1.06 bits per heavy atom. The monoisotopic (exact) mass is 516 g/mol. The fourth-order valence-corrected chi connectivity index (χ4v) is 11.5. The topological polar surface area (TPSA) is 35.5 Å². The molecule has 0 radical (unpaired) electrons. The third-order valence-corrected chi connectivity index (χ3v) is 13.1. The molecule has 4 fully saturated rings. The first kappa shape index (κ1) is 28.4. The number of esters is 1. The zero-order valence-electron chi connectivity index (χ0n) is 25.1. The summed E-state index contributed by atoms with van der Waals surface area (Å²) in [6, 6.07) is 0. The average molecular weight is 517 g/mol. The van der Waals surface area contributed by atoms with Crippen molar-refractivity contribution < 1.29 is 14.0 Å². The summed E-state index contributed by atoms with van der Waals surface area (Å²) in [4.78, 5) is 11.9. The van der Waals surface area contributed by atoms with Crippen LogP contribution in [0.1, 0.15) is 86.5 Å². The van der Waals surface area contributed by atoms with Crippen LogP contribution in [0.5, 0.6) is 0 Å². The Kier molecular flexibility index (Phi) is 8.02. The van der Waals surface area contributed by atoms with Crippen molar-refractivity contribution in [1.82, 2.24) is 0 Å². The molecule has 0 aromatic rings. The van der Waals surface area contributed by atoms with E-state index in [0.29, 0.717) is 46.5 Å². The van der Waals surface area contributed by atoms with Crippen molar-refractivity contribution in [1.29, 1.82) is 0 Å². The van der Waals surface area contributed by atoms with E-state index in [4.69, 9.17) is 9.16 Å². The Hall–Kier alpha value is -0.613. The van der Waals surface area contributed by atoms with Crippen LogP contribution < -0.4 is 0 Å². The summed E-state index contributed by atoms with van der Waals surface area (Å²) in [6.45, 7) is 22.4. The molecule has 0 aromatic carbocycles. The van der Waals surface area contributed by atoms with Crippen molar-refractivity contribution in [3.63, 3.8) is 0 Å². The predicted octanol–water partition coefficient (Wildman–Crippen LogP) is 8.36. The average Bonchev–Trinajstić information content (AvgIpc) is 3.16. The predicted molar refractivity (Wildman–Crippen MR) is 152 cm³/mol. The molecule has 3 nitrogen and oxygen atoms in total. The number of hydrogen-bond acceptors (Lipinski definition) is 3. The Bertz CT molecular complexity index is 832. The smallest absolute Gasteiger partial charge is 0.330 e. The Labute approximate surface area is 223 Å². The van der Waals surface area contributed by atoms with E-state index in [2.05, 4.69) is 67.3 Å². The lowest BCUT2D eigenvalue weighted by molar-refractivity contribution is -0.205. The van der Waals surface area contributed by atoms with E-state index in [-0.39, 0.29) is 5.97 Å². The molecule has 0 aromatic heterocycles. The van der Waals surface area contributed by atoms with Crippen LogP contribution in [-0.4, -0.2) is 27.5 Å². The molecule has 0 amide bonds. The molecule has 4 aliphatic carbocycles. The van der Waals surface area contributed by atoms with E-state index in [0.717, 1.165) is 23.7 Å². The normalized spacial score (nSPS) is 47.7. The van der Waals surface area contributed by atoms with E-state index in [1.54, 1.807) is 6.08 Å². The summed E-state index contributed by atoms with van der Waals surface area (Å²) in [6.07, 6.45) is 13.6. The van der Waals surface area contributed by atoms with Gasteiger partial charge in [-0.05, 0) is 116 Å². The fraction of sp³-hybridized carbons (Fsp3) is 0.906. The molecule has 0 N–H and O–H groups in total. The highest BCUT2D eigenvalue weighted by Gasteiger charge is 2.67. The largest absolute Gasteiger partial charge is 0.466 e. The number of allylic oxidation sites excluding steroid dienone is 1. The highest BCUT2D eigenvalue weighted by Crippen LogP contribution is 2.71. The van der Waals surface area contributed by atoms with Crippen LogP contribution in [0.3, 0.4) is 0 Å². The maximum atomic E-state index is 11.9. The van der Waals surface area contributed by atoms with Crippen molar-refractivity contribution in [3.8, 4) is 0 Å². The second kappa shape index (κ2) is 10.2. The van der Waals surface area contributed by atoms with Gasteiger partial charge in [-0.2, -0.15) is 0 Å². The third kappa shape index (κ3) is 4.69. The first-order chi connectivity index (χ1) is 16.8. The van der Waals surface area contributed by atoms with Gasteiger partial charge in [0.05, 0.1) is 13.2 Å². The van der Waals surface area contributed by atoms with Crippen LogP contribution in [-0.2, 0) is 14.0 Å². The number of carbonyl (C=O) groups is 1. The van der Waals surface area contributed by atoms with Gasteiger partial charge in [-0.25, -0.2) is 4.79 Å². The number of fused-ring (bicyclic) bond motifs is 5. The summed E-state index contributed by atoms with van der Waals surface area (Å²) in [5.41, 5.74) is 0.757. The molecule has 0 unspecified atom stereocenters. The van der Waals surface area contributed by atoms with Gasteiger partial charge < -0.3 is 9.16 Å². The SMILES string of the molecule is CC[C@H]1[C@@H](O[Si](C)(C)C)[C@@H]2[C@H](C[C@H](C)[C@]3(C)[C@@H]([C@H](C)/C=C/C(=O)OC)CC[C@@H]23)[C@@]2(C)CC[C@@H](C)C[C@@H]12. The molecule has 0 bridgehead atoms. The van der Waals surface area contributed by atoms with Crippen LogP contribution in [0.4, 0.5) is 0 Å². The highest BCUT2D eigenvalue weighted by atomic mass is 28.4. The van der Waals surface area contributed by atoms with Crippen LogP contribution >= 0.6 is 0 Å². The molecule has 4 aliphatic rings. The van der Waals surface area contributed by atoms with Gasteiger partial charge in [0, 0.05) is 6.08 Å². The number of carbonyl (C=O) groups excluding carboxylic acids is 1. The van der Waals surface area contributed by atoms with Gasteiger partial charge in [0.2, 0.25) is 0 Å². The van der Waals surface area contributed by atoms with Crippen LogP contribution in [0.25, 0.3) is 0 Å². The lowest BCUT2D eigenvalue weighted by atomic mass is 9.39. The summed E-state index contributed by atoms with van der Waals surface area (Å²) in [5, 5.41) is 0. The number of hydrogen-bond donors (Lipinski definition) is 0. The molecule has 4 rings (SSSR count). The minimum absolute atomic E-state index is 0.231. The van der Waals surface area contributed by atoms with Gasteiger partial charge >= 0.3 is 5.97 Å². The molecule has 4 heteroatoms. The molecule has 12 atom stereocenters. The zero-order valence-corrected chi connectivity index (χ0v) is 26.1. The summed E-state index contributed by atoms with van der Waals surface area (Å²) >= 11 is 0. The number of rotatable bonds is 6. The number of methoxy groups -OCH3 is 1. The number of ether oxygens (including phenoxy) is 1. The lowest BCUT2D eigenvalue weighted by Gasteiger charge is -2.67. The minimum Gasteiger partial charge on any atom is -0.466 e. The molecule has 0 saturated heterocycles. The molecular weight excluding hydrogens is 460 g/mol. The lowest BCUT2D eigenvalue weighted by Crippen LogP contribution is -2.64. The van der Waals surface area contributed by atoms with E-state index >= 15 is 0 Å². The van der Waals surface area contributed by atoms with Gasteiger partial charge in [0.1, 0.15) is 0 Å². The fourth-order valence-electron chi connectivity index (χ4n) is 10.4. The molecule has 0 heterocycles. The van der Waals surface area contributed by atoms with Crippen molar-refractivity contribution in [2.24, 2.45) is 64.1 Å². The Morgan fingerprint density at radius 2 is 1.75 bits per heavy atom. The van der Waals surface area contributed by atoms with E-state index in [1.807, 2.05) is 0 Å². The first-order valence-electron chi connectivity index (χ1n) is 15.2. The van der Waals surface area contributed by atoms with Gasteiger partial charge in [0.15, 0.2) is 8.32 Å². The third-order valence-electron chi connectivity index (χ3n) is 12.2. The quantitative estimate of drug-likeness (QED) is 0.202. The van der Waals surface area contributed by atoms with Gasteiger partial charge in [0.25, 0.3) is 0 Å². The molecule has 36 heavy (non-hydrogen) atoms. The molecule has 206 valence electrons. The van der Waals surface area contributed by atoms with Crippen molar-refractivity contribution in [2.75, 3.05) is 7.11 Å². The van der Waals surface area contributed by atoms with E-state index < -0.39 is 8.32 Å². The van der Waals surface area contributed by atoms with Crippen LogP contribution in [0.2, 0.25) is 19.6 Å². The first-order valence-corrected chi connectivity index (χ1v) is 18.6. The maximum absolute atomic E-state index is 11.9. The van der Waals surface area contributed by atoms with Gasteiger partial charge in [-0.15, -0.1) is 0 Å². The summed E-state index contributed by atoms with van der Waals surface area (Å²) < 4.78 is 12.2. The standard InChI is InChI=1S/C32H56O3Si/c1-11-23-26-18-20(2)16-17-31(26,5)27-19-22(4)32(6)24(21(3)12-15-28(33)34-7)13-14-25(32)29(27)30(23)35-36(8,9)10/h12,15,20-27,29-30H,11,13-14,16-19H2,1-10H3/b15-12+/t20-,21-,22+,23-,24-,25+,26+,27+,29+,30-,31+,32-/m1/s1. The van der Waals surface area contributed by atoms with Crippen LogP contribution in [0, 0.1) is 64.1 Å². The van der Waals surface area contributed by atoms with Crippen LogP contribution in [0.15, 0.2) is 12.2 Å². The van der Waals surface area contributed by atoms with Gasteiger partial charge in [-0.1, -0.05) is 60.5 Å².